The molecule has 0 aliphatic heterocycles. The van der Waals surface area contributed by atoms with Gasteiger partial charge >= 0.3 is 11.9 Å². The lowest BCUT2D eigenvalue weighted by molar-refractivity contribution is -0.144. The molecule has 9 heteroatoms. The second kappa shape index (κ2) is 5.63. The molecule has 4 nitrogen and oxygen atoms in total. The van der Waals surface area contributed by atoms with Crippen LogP contribution in [0.1, 0.15) is 10.4 Å². The molecule has 19 heavy (non-hydrogen) atoms. The van der Waals surface area contributed by atoms with Gasteiger partial charge in [-0.3, -0.25) is 0 Å². The number of ether oxygens (including phenoxy) is 2. The minimum atomic E-state index is -2.40. The average molecular weight is 284 g/mol. The molecular weight excluding hydrogens is 279 g/mol. The second-order valence-corrected chi connectivity index (χ2v) is 3.10. The van der Waals surface area contributed by atoms with Crippen LogP contribution in [0.5, 0.6) is 0 Å². The van der Waals surface area contributed by atoms with E-state index in [9.17, 15) is 31.5 Å². The Kier molecular flexibility index (Phi) is 4.41. The molecule has 0 fully saturated rings. The summed E-state index contributed by atoms with van der Waals surface area (Å²) >= 11 is 0. The first kappa shape index (κ1) is 14.9. The Balaban J connectivity index is 3.14. The summed E-state index contributed by atoms with van der Waals surface area (Å²) in [6.45, 7) is -1.03. The highest BCUT2D eigenvalue weighted by Crippen LogP contribution is 2.23. The molecule has 0 bridgehead atoms. The molecule has 0 heterocycles. The predicted molar refractivity (Wildman–Crippen MR) is 48.5 cm³/mol. The van der Waals surface area contributed by atoms with E-state index in [2.05, 4.69) is 9.47 Å². The van der Waals surface area contributed by atoms with Crippen molar-refractivity contribution in [2.75, 3.05) is 13.7 Å². The standard InChI is InChI=1S/C10H5F5O4/c1-18-3(16)2-19-10(17)4-5(11)7(13)9(15)8(14)6(4)12/h2H2,1H3. The summed E-state index contributed by atoms with van der Waals surface area (Å²) in [6, 6.07) is 0. The Labute approximate surface area is 102 Å². The number of halogens is 5. The predicted octanol–water partition coefficient (Wildman–Crippen LogP) is 1.71. The zero-order valence-electron chi connectivity index (χ0n) is 9.23. The number of hydrogen-bond acceptors (Lipinski definition) is 4. The quantitative estimate of drug-likeness (QED) is 0.367. The van der Waals surface area contributed by atoms with Crippen molar-refractivity contribution < 1.29 is 41.0 Å². The SMILES string of the molecule is COC(=O)COC(=O)c1c(F)c(F)c(F)c(F)c1F. The van der Waals surface area contributed by atoms with Gasteiger partial charge in [-0.2, -0.15) is 0 Å². The van der Waals surface area contributed by atoms with Gasteiger partial charge in [0.2, 0.25) is 5.82 Å². The number of benzene rings is 1. The summed E-state index contributed by atoms with van der Waals surface area (Å²) in [5.74, 6) is -14.6. The third-order valence-electron chi connectivity index (χ3n) is 1.96. The average Bonchev–Trinajstić information content (AvgIpc) is 2.40. The normalized spacial score (nSPS) is 10.2. The van der Waals surface area contributed by atoms with Gasteiger partial charge in [-0.05, 0) is 0 Å². The Morgan fingerprint density at radius 1 is 0.895 bits per heavy atom. The summed E-state index contributed by atoms with van der Waals surface area (Å²) in [6.07, 6.45) is 0. The molecule has 1 rings (SSSR count). The maximum atomic E-state index is 13.1. The highest BCUT2D eigenvalue weighted by molar-refractivity contribution is 5.91. The van der Waals surface area contributed by atoms with Gasteiger partial charge in [-0.15, -0.1) is 0 Å². The Bertz CT molecular complexity index is 514. The molecule has 104 valence electrons. The molecule has 0 aliphatic rings. The Morgan fingerprint density at radius 3 is 1.74 bits per heavy atom. The van der Waals surface area contributed by atoms with Gasteiger partial charge in [0.1, 0.15) is 5.56 Å². The minimum Gasteiger partial charge on any atom is -0.466 e. The van der Waals surface area contributed by atoms with Crippen LogP contribution in [0.4, 0.5) is 22.0 Å². The van der Waals surface area contributed by atoms with Crippen molar-refractivity contribution in [3.63, 3.8) is 0 Å². The van der Waals surface area contributed by atoms with Gasteiger partial charge in [0.05, 0.1) is 7.11 Å². The van der Waals surface area contributed by atoms with Crippen molar-refractivity contribution in [2.45, 2.75) is 0 Å². The molecule has 0 N–H and O–H groups in total. The van der Waals surface area contributed by atoms with Crippen LogP contribution in [0.15, 0.2) is 0 Å². The number of methoxy groups -OCH3 is 1. The van der Waals surface area contributed by atoms with Crippen molar-refractivity contribution in [3.05, 3.63) is 34.6 Å². The Hall–Kier alpha value is -2.19. The van der Waals surface area contributed by atoms with Gasteiger partial charge in [0.25, 0.3) is 0 Å². The van der Waals surface area contributed by atoms with Gasteiger partial charge in [-0.25, -0.2) is 31.5 Å². The molecular formula is C10H5F5O4. The third-order valence-corrected chi connectivity index (χ3v) is 1.96. The molecule has 0 saturated heterocycles. The molecule has 1 aromatic rings. The number of esters is 2. The monoisotopic (exact) mass is 284 g/mol. The molecule has 0 aromatic heterocycles. The third kappa shape index (κ3) is 2.80. The van der Waals surface area contributed by atoms with Crippen molar-refractivity contribution in [1.82, 2.24) is 0 Å². The number of hydrogen-bond donors (Lipinski definition) is 0. The van der Waals surface area contributed by atoms with Crippen molar-refractivity contribution in [2.24, 2.45) is 0 Å². The fraction of sp³-hybridized carbons (Fsp3) is 0.200. The molecule has 0 spiro atoms. The Morgan fingerprint density at radius 2 is 1.32 bits per heavy atom. The first-order valence-electron chi connectivity index (χ1n) is 4.56. The van der Waals surface area contributed by atoms with Gasteiger partial charge in [0, 0.05) is 0 Å². The number of carbonyl (C=O) groups is 2. The highest BCUT2D eigenvalue weighted by atomic mass is 19.2. The van der Waals surface area contributed by atoms with E-state index in [4.69, 9.17) is 0 Å². The molecule has 0 atom stereocenters. The van der Waals surface area contributed by atoms with Gasteiger partial charge < -0.3 is 9.47 Å². The van der Waals surface area contributed by atoms with Crippen LogP contribution in [0.25, 0.3) is 0 Å². The molecule has 0 saturated carbocycles. The van der Waals surface area contributed by atoms with E-state index in [1.807, 2.05) is 0 Å². The van der Waals surface area contributed by atoms with Crippen molar-refractivity contribution in [3.8, 4) is 0 Å². The summed E-state index contributed by atoms with van der Waals surface area (Å²) in [5, 5.41) is 0. The van der Waals surface area contributed by atoms with E-state index in [1.54, 1.807) is 0 Å². The number of carbonyl (C=O) groups excluding carboxylic acids is 2. The first-order chi connectivity index (χ1) is 8.81. The van der Waals surface area contributed by atoms with E-state index < -0.39 is 53.2 Å². The van der Waals surface area contributed by atoms with Gasteiger partial charge in [-0.1, -0.05) is 0 Å². The lowest BCUT2D eigenvalue weighted by Gasteiger charge is -2.07. The van der Waals surface area contributed by atoms with Crippen LogP contribution in [0.3, 0.4) is 0 Å². The van der Waals surface area contributed by atoms with Crippen molar-refractivity contribution in [1.29, 1.82) is 0 Å². The summed E-state index contributed by atoms with van der Waals surface area (Å²) in [4.78, 5) is 21.8. The fourth-order valence-corrected chi connectivity index (χ4v) is 1.04. The van der Waals surface area contributed by atoms with E-state index >= 15 is 0 Å². The smallest absolute Gasteiger partial charge is 0.344 e. The maximum Gasteiger partial charge on any atom is 0.344 e. The van der Waals surface area contributed by atoms with Crippen molar-refractivity contribution >= 4 is 11.9 Å². The van der Waals surface area contributed by atoms with Gasteiger partial charge in [0.15, 0.2) is 29.9 Å². The second-order valence-electron chi connectivity index (χ2n) is 3.10. The topological polar surface area (TPSA) is 52.6 Å². The zero-order valence-corrected chi connectivity index (χ0v) is 9.23. The van der Waals surface area contributed by atoms with Crippen LogP contribution >= 0.6 is 0 Å². The molecule has 0 radical (unpaired) electrons. The van der Waals surface area contributed by atoms with Crippen LogP contribution in [-0.4, -0.2) is 25.7 Å². The van der Waals surface area contributed by atoms with Crippen LogP contribution < -0.4 is 0 Å². The lowest BCUT2D eigenvalue weighted by Crippen LogP contribution is -2.19. The lowest BCUT2D eigenvalue weighted by atomic mass is 10.1. The van der Waals surface area contributed by atoms with E-state index in [1.165, 1.54) is 0 Å². The maximum absolute atomic E-state index is 13.1. The van der Waals surface area contributed by atoms with Crippen LogP contribution in [0.2, 0.25) is 0 Å². The van der Waals surface area contributed by atoms with E-state index in [0.717, 1.165) is 7.11 Å². The first-order valence-corrected chi connectivity index (χ1v) is 4.56. The molecule has 0 amide bonds. The van der Waals surface area contributed by atoms with E-state index in [0.29, 0.717) is 0 Å². The summed E-state index contributed by atoms with van der Waals surface area (Å²) < 4.78 is 72.5. The molecule has 0 unspecified atom stereocenters. The van der Waals surface area contributed by atoms with Crippen LogP contribution in [-0.2, 0) is 14.3 Å². The zero-order chi connectivity index (χ0) is 14.7. The molecule has 0 aliphatic carbocycles. The number of rotatable bonds is 3. The summed E-state index contributed by atoms with van der Waals surface area (Å²) in [7, 11) is 0.939. The molecule has 1 aromatic carbocycles. The fourth-order valence-electron chi connectivity index (χ4n) is 1.04. The van der Waals surface area contributed by atoms with Crippen LogP contribution in [0, 0.1) is 29.1 Å². The highest BCUT2D eigenvalue weighted by Gasteiger charge is 2.30. The minimum absolute atomic E-state index is 0.939. The van der Waals surface area contributed by atoms with E-state index in [-0.39, 0.29) is 0 Å². The largest absolute Gasteiger partial charge is 0.466 e. The summed E-state index contributed by atoms with van der Waals surface area (Å²) in [5.41, 5.74) is -1.78.